The molecule has 2 aromatic carbocycles. The minimum absolute atomic E-state index is 0. The van der Waals surface area contributed by atoms with Crippen LogP contribution >= 0.6 is 0 Å². The first kappa shape index (κ1) is 36.5. The summed E-state index contributed by atoms with van der Waals surface area (Å²) in [6.07, 6.45) is 9.99. The Bertz CT molecular complexity index is 1080. The fraction of sp³-hybridized carbons (Fsp3) is 0.333. The van der Waals surface area contributed by atoms with Crippen molar-refractivity contribution in [1.29, 1.82) is 0 Å². The summed E-state index contributed by atoms with van der Waals surface area (Å²) in [6.45, 7) is 23.8. The summed E-state index contributed by atoms with van der Waals surface area (Å²) in [4.78, 5) is 2.00. The lowest BCUT2D eigenvalue weighted by atomic mass is 9.89. The maximum atomic E-state index is 13.2. The van der Waals surface area contributed by atoms with E-state index in [2.05, 4.69) is 63.9 Å². The number of nitrogens with zero attached hydrogens (tertiary/aromatic N) is 1. The molecule has 3 N–H and O–H groups in total. The molecule has 0 saturated carbocycles. The van der Waals surface area contributed by atoms with E-state index < -0.39 is 6.67 Å². The van der Waals surface area contributed by atoms with Gasteiger partial charge in [-0.25, -0.2) is 8.78 Å². The molecule has 0 heterocycles. The Hall–Kier alpha value is -3.62. The van der Waals surface area contributed by atoms with E-state index in [1.165, 1.54) is 12.1 Å². The highest BCUT2D eigenvalue weighted by Crippen LogP contribution is 2.31. The first-order valence-corrected chi connectivity index (χ1v) is 12.4. The lowest BCUT2D eigenvalue weighted by Gasteiger charge is -2.23. The van der Waals surface area contributed by atoms with Crippen molar-refractivity contribution in [2.45, 2.75) is 48.6 Å². The molecule has 0 atom stereocenters. The van der Waals surface area contributed by atoms with Crippen LogP contribution in [0.15, 0.2) is 73.5 Å². The highest BCUT2D eigenvalue weighted by atomic mass is 19.1. The van der Waals surface area contributed by atoms with Crippen LogP contribution in [0.5, 0.6) is 0 Å². The normalized spacial score (nSPS) is 10.2. The van der Waals surface area contributed by atoms with Gasteiger partial charge in [0.2, 0.25) is 0 Å². The van der Waals surface area contributed by atoms with E-state index in [1.807, 2.05) is 31.7 Å². The van der Waals surface area contributed by atoms with Crippen LogP contribution < -0.4 is 11.1 Å². The minimum atomic E-state index is -0.439. The summed E-state index contributed by atoms with van der Waals surface area (Å²) < 4.78 is 26.2. The molecule has 0 aliphatic heterocycles. The zero-order valence-electron chi connectivity index (χ0n) is 23.1. The van der Waals surface area contributed by atoms with Gasteiger partial charge in [0.05, 0.1) is 0 Å². The number of hydrogen-bond acceptors (Lipinski definition) is 3. The second-order valence-corrected chi connectivity index (χ2v) is 8.19. The Morgan fingerprint density at radius 3 is 2.05 bits per heavy atom. The van der Waals surface area contributed by atoms with Gasteiger partial charge in [0.1, 0.15) is 12.5 Å². The zero-order valence-corrected chi connectivity index (χ0v) is 23.1. The van der Waals surface area contributed by atoms with Crippen molar-refractivity contribution in [2.75, 3.05) is 26.3 Å². The molecule has 0 spiro atoms. The maximum absolute atomic E-state index is 13.2. The standard InChI is InChI=1S/C28H35F2N3.C2H6.C2H2.CH4/c1-7-26(21(4)22(5)31)28-17-27(19(2)16-20(28)3)23(6)32-13-15-33(14-12-29)18-24-8-10-25(30)11-9-24;2*1-2;/h7-11,16-17,32H,4-6,12-15,18,31H2,1-3H3;1-2H3;1-2H;1H4/b26-7-;;;. The Balaban J connectivity index is 0. The predicted octanol–water partition coefficient (Wildman–Crippen LogP) is 7.82. The van der Waals surface area contributed by atoms with E-state index in [9.17, 15) is 8.78 Å². The van der Waals surface area contributed by atoms with E-state index >= 15 is 0 Å². The van der Waals surface area contributed by atoms with Gasteiger partial charge < -0.3 is 11.1 Å². The number of rotatable bonds is 12. The molecule has 0 aromatic heterocycles. The van der Waals surface area contributed by atoms with E-state index in [4.69, 9.17) is 5.73 Å². The summed E-state index contributed by atoms with van der Waals surface area (Å²) in [6, 6.07) is 10.5. The lowest BCUT2D eigenvalue weighted by molar-refractivity contribution is 0.243. The van der Waals surface area contributed by atoms with Crippen LogP contribution in [0.1, 0.15) is 56.0 Å². The van der Waals surface area contributed by atoms with Gasteiger partial charge in [0, 0.05) is 43.1 Å². The number of halogens is 2. The van der Waals surface area contributed by atoms with Crippen LogP contribution in [0.4, 0.5) is 8.78 Å². The van der Waals surface area contributed by atoms with Crippen molar-refractivity contribution in [1.82, 2.24) is 10.2 Å². The number of allylic oxidation sites excluding steroid dienone is 2. The number of nitrogens with two attached hydrogens (primary N) is 1. The molecule has 3 nitrogen and oxygen atoms in total. The molecule has 0 bridgehead atoms. The Morgan fingerprint density at radius 1 is 1.00 bits per heavy atom. The molecule has 0 unspecified atom stereocenters. The van der Waals surface area contributed by atoms with Crippen molar-refractivity contribution in [2.24, 2.45) is 5.73 Å². The fourth-order valence-electron chi connectivity index (χ4n) is 3.83. The van der Waals surface area contributed by atoms with Gasteiger partial charge in [-0.1, -0.05) is 65.3 Å². The Labute approximate surface area is 230 Å². The number of benzene rings is 2. The second kappa shape index (κ2) is 19.5. The first-order valence-electron chi connectivity index (χ1n) is 12.4. The third-order valence-electron chi connectivity index (χ3n) is 5.67. The van der Waals surface area contributed by atoms with E-state index in [1.54, 1.807) is 12.1 Å². The van der Waals surface area contributed by atoms with Gasteiger partial charge in [0.15, 0.2) is 0 Å². The summed E-state index contributed by atoms with van der Waals surface area (Å²) in [5.41, 5.74) is 14.0. The van der Waals surface area contributed by atoms with Gasteiger partial charge in [-0.15, -0.1) is 12.8 Å². The van der Waals surface area contributed by atoms with E-state index in [-0.39, 0.29) is 13.2 Å². The summed E-state index contributed by atoms with van der Waals surface area (Å²) in [5, 5.41) is 3.38. The van der Waals surface area contributed by atoms with Crippen LogP contribution in [0, 0.1) is 32.5 Å². The number of aryl methyl sites for hydroxylation is 2. The van der Waals surface area contributed by atoms with Crippen molar-refractivity contribution >= 4 is 11.3 Å². The number of alkyl halides is 1. The Morgan fingerprint density at radius 2 is 1.55 bits per heavy atom. The average molecular weight is 524 g/mol. The zero-order chi connectivity index (χ0) is 28.5. The molecule has 2 rings (SSSR count). The molecule has 0 aliphatic rings. The molecule has 0 amide bonds. The maximum Gasteiger partial charge on any atom is 0.123 e. The first-order chi connectivity index (χ1) is 17.7. The number of terminal acetylenes is 1. The third-order valence-corrected chi connectivity index (χ3v) is 5.67. The predicted molar refractivity (Wildman–Crippen MR) is 165 cm³/mol. The highest BCUT2D eigenvalue weighted by Gasteiger charge is 2.14. The van der Waals surface area contributed by atoms with Crippen LogP contribution in [0.2, 0.25) is 0 Å². The third kappa shape index (κ3) is 11.2. The molecule has 5 heteroatoms. The monoisotopic (exact) mass is 523 g/mol. The van der Waals surface area contributed by atoms with Gasteiger partial charge in [0.25, 0.3) is 0 Å². The molecule has 2 aromatic rings. The molecule has 0 radical (unpaired) electrons. The van der Waals surface area contributed by atoms with Gasteiger partial charge >= 0.3 is 0 Å². The molecule has 208 valence electrons. The quantitative estimate of drug-likeness (QED) is 0.220. The topological polar surface area (TPSA) is 41.3 Å². The summed E-state index contributed by atoms with van der Waals surface area (Å²) in [7, 11) is 0. The summed E-state index contributed by atoms with van der Waals surface area (Å²) in [5.74, 6) is -0.276. The van der Waals surface area contributed by atoms with Crippen molar-refractivity contribution in [3.05, 3.63) is 107 Å². The molecule has 38 heavy (non-hydrogen) atoms. The van der Waals surface area contributed by atoms with E-state index in [0.29, 0.717) is 37.4 Å². The van der Waals surface area contributed by atoms with Crippen LogP contribution in [-0.4, -0.2) is 31.2 Å². The van der Waals surface area contributed by atoms with Gasteiger partial charge in [-0.2, -0.15) is 0 Å². The van der Waals surface area contributed by atoms with Gasteiger partial charge in [-0.3, -0.25) is 4.90 Å². The highest BCUT2D eigenvalue weighted by molar-refractivity contribution is 5.85. The van der Waals surface area contributed by atoms with Crippen molar-refractivity contribution in [3.63, 3.8) is 0 Å². The molecular weight excluding hydrogens is 476 g/mol. The second-order valence-electron chi connectivity index (χ2n) is 8.19. The molecular formula is C33H47F2N3. The van der Waals surface area contributed by atoms with Gasteiger partial charge in [-0.05, 0) is 72.4 Å². The molecule has 0 saturated heterocycles. The number of hydrogen-bond donors (Lipinski definition) is 2. The van der Waals surface area contributed by atoms with Crippen LogP contribution in [0.25, 0.3) is 11.3 Å². The molecule has 0 aliphatic carbocycles. The van der Waals surface area contributed by atoms with E-state index in [0.717, 1.165) is 39.1 Å². The summed E-state index contributed by atoms with van der Waals surface area (Å²) >= 11 is 0. The fourth-order valence-corrected chi connectivity index (χ4v) is 3.83. The van der Waals surface area contributed by atoms with Crippen LogP contribution in [0.3, 0.4) is 0 Å². The Kier molecular flexibility index (Phi) is 18.7. The number of nitrogens with one attached hydrogen (secondary N) is 1. The molecule has 0 fully saturated rings. The van der Waals surface area contributed by atoms with Crippen LogP contribution in [-0.2, 0) is 6.54 Å². The van der Waals surface area contributed by atoms with Crippen molar-refractivity contribution in [3.8, 4) is 12.8 Å². The smallest absolute Gasteiger partial charge is 0.123 e. The largest absolute Gasteiger partial charge is 0.399 e. The average Bonchev–Trinajstić information content (AvgIpc) is 2.89. The van der Waals surface area contributed by atoms with Crippen molar-refractivity contribution < 1.29 is 8.78 Å². The minimum Gasteiger partial charge on any atom is -0.399 e. The SMILES string of the molecule is C.C#C.C=C(N)C(=C)/C(=C/C)c1cc(C(=C)NCCN(CCF)Cc2ccc(F)cc2)c(C)cc1C.CC. The lowest BCUT2D eigenvalue weighted by Crippen LogP contribution is -2.32.